The average Bonchev–Trinajstić information content (AvgIpc) is 3.53. The second-order valence-electron chi connectivity index (χ2n) is 10.5. The number of aliphatic carboxylic acids is 1. The molecule has 0 aliphatic carbocycles. The predicted octanol–water partition coefficient (Wildman–Crippen LogP) is 4.00. The molecular weight excluding hydrogens is 572 g/mol. The molecule has 3 unspecified atom stereocenters. The van der Waals surface area contributed by atoms with E-state index in [1.165, 1.54) is 32.4 Å². The molecule has 0 amide bonds. The van der Waals surface area contributed by atoms with Gasteiger partial charge in [0, 0.05) is 62.3 Å². The van der Waals surface area contributed by atoms with Crippen LogP contribution in [0.3, 0.4) is 0 Å². The number of allylic oxidation sites excluding steroid dienone is 1. The maximum Gasteiger partial charge on any atom is 0.338 e. The highest BCUT2D eigenvalue weighted by atomic mass is 16.6. The first-order chi connectivity index (χ1) is 21.0. The number of nitro groups is 1. The fraction of sp³-hybridized carbons (Fsp3) is 0.355. The first-order valence-electron chi connectivity index (χ1n) is 13.8. The van der Waals surface area contributed by atoms with E-state index in [0.717, 1.165) is 5.56 Å². The molecule has 0 fully saturated rings. The third-order valence-electron chi connectivity index (χ3n) is 8.19. The number of imidazole rings is 1. The molecule has 13 nitrogen and oxygen atoms in total. The summed E-state index contributed by atoms with van der Waals surface area (Å²) in [6.07, 6.45) is 4.95. The first-order valence-corrected chi connectivity index (χ1v) is 13.8. The Labute approximate surface area is 253 Å². The highest BCUT2D eigenvalue weighted by molar-refractivity contribution is 5.94. The lowest BCUT2D eigenvalue weighted by atomic mass is 9.60. The summed E-state index contributed by atoms with van der Waals surface area (Å²) in [4.78, 5) is 56.4. The van der Waals surface area contributed by atoms with Crippen molar-refractivity contribution in [1.82, 2.24) is 14.5 Å². The molecule has 0 saturated carbocycles. The molecule has 3 aromatic rings. The van der Waals surface area contributed by atoms with Gasteiger partial charge in [-0.1, -0.05) is 24.3 Å². The normalized spacial score (nSPS) is 19.9. The smallest absolute Gasteiger partial charge is 0.338 e. The fourth-order valence-corrected chi connectivity index (χ4v) is 5.93. The van der Waals surface area contributed by atoms with Gasteiger partial charge in [-0.2, -0.15) is 0 Å². The van der Waals surface area contributed by atoms with Gasteiger partial charge in [-0.05, 0) is 37.1 Å². The van der Waals surface area contributed by atoms with Gasteiger partial charge < -0.3 is 28.8 Å². The molecule has 44 heavy (non-hydrogen) atoms. The van der Waals surface area contributed by atoms with Gasteiger partial charge in [-0.15, -0.1) is 0 Å². The van der Waals surface area contributed by atoms with E-state index in [-0.39, 0.29) is 42.1 Å². The van der Waals surface area contributed by atoms with Crippen LogP contribution in [0.5, 0.6) is 0 Å². The number of carboxylic acid groups (broad SMARTS) is 1. The molecule has 0 radical (unpaired) electrons. The zero-order valence-electron chi connectivity index (χ0n) is 24.8. The third-order valence-corrected chi connectivity index (χ3v) is 8.19. The van der Waals surface area contributed by atoms with Gasteiger partial charge in [-0.3, -0.25) is 14.9 Å². The van der Waals surface area contributed by atoms with Crippen molar-refractivity contribution in [1.29, 1.82) is 0 Å². The lowest BCUT2D eigenvalue weighted by Gasteiger charge is -2.51. The van der Waals surface area contributed by atoms with Gasteiger partial charge in [-0.25, -0.2) is 14.6 Å². The summed E-state index contributed by atoms with van der Waals surface area (Å²) >= 11 is 0. The lowest BCUT2D eigenvalue weighted by molar-refractivity contribution is -0.384. The molecule has 2 heterocycles. The largest absolute Gasteiger partial charge is 0.481 e. The molecule has 1 aromatic heterocycles. The van der Waals surface area contributed by atoms with Gasteiger partial charge >= 0.3 is 17.9 Å². The van der Waals surface area contributed by atoms with Crippen LogP contribution >= 0.6 is 0 Å². The summed E-state index contributed by atoms with van der Waals surface area (Å²) in [7, 11) is 2.62. The molecule has 0 spiro atoms. The van der Waals surface area contributed by atoms with E-state index in [2.05, 4.69) is 4.98 Å². The number of nitro benzene ring substituents is 1. The number of rotatable bonds is 12. The van der Waals surface area contributed by atoms with Gasteiger partial charge in [0.2, 0.25) is 0 Å². The summed E-state index contributed by atoms with van der Waals surface area (Å²) in [5.41, 5.74) is -0.175. The second kappa shape index (κ2) is 13.5. The molecule has 2 aromatic carbocycles. The first kappa shape index (κ1) is 31.9. The van der Waals surface area contributed by atoms with Gasteiger partial charge in [0.05, 0.1) is 36.1 Å². The van der Waals surface area contributed by atoms with E-state index >= 15 is 0 Å². The minimum absolute atomic E-state index is 0.0188. The monoisotopic (exact) mass is 606 g/mol. The van der Waals surface area contributed by atoms with Crippen LogP contribution < -0.4 is 0 Å². The fourth-order valence-electron chi connectivity index (χ4n) is 5.93. The number of methoxy groups -OCH3 is 2. The zero-order chi connectivity index (χ0) is 32.0. The Morgan fingerprint density at radius 3 is 2.43 bits per heavy atom. The Bertz CT molecular complexity index is 1550. The molecule has 1 aliphatic rings. The molecule has 3 atom stereocenters. The van der Waals surface area contributed by atoms with Crippen molar-refractivity contribution in [2.24, 2.45) is 5.41 Å². The number of nitrogens with zero attached hydrogens (tertiary/aromatic N) is 4. The molecular formula is C31H34N4O9. The molecule has 13 heteroatoms. The molecule has 0 saturated heterocycles. The van der Waals surface area contributed by atoms with Crippen molar-refractivity contribution >= 4 is 23.6 Å². The number of esters is 2. The molecule has 1 N–H and O–H groups in total. The SMILES string of the molecule is COCN1C(C)=C(C(=O)OC)C(c2cccc([N+](=O)[O-])c2)C(CCOC(=O)c2ccc(Cn3ccnc3)cc2)(C(=O)O)C1C. The van der Waals surface area contributed by atoms with E-state index in [9.17, 15) is 29.6 Å². The number of ether oxygens (including phenoxy) is 3. The van der Waals surface area contributed by atoms with Crippen LogP contribution in [0.25, 0.3) is 0 Å². The maximum atomic E-state index is 13.4. The van der Waals surface area contributed by atoms with E-state index in [1.54, 1.807) is 61.6 Å². The highest BCUT2D eigenvalue weighted by Crippen LogP contribution is 2.53. The number of benzene rings is 2. The quantitative estimate of drug-likeness (QED) is 0.180. The molecule has 4 rings (SSSR count). The third kappa shape index (κ3) is 6.18. The van der Waals surface area contributed by atoms with Crippen LogP contribution in [-0.2, 0) is 30.3 Å². The Morgan fingerprint density at radius 2 is 1.84 bits per heavy atom. The van der Waals surface area contributed by atoms with E-state index in [0.29, 0.717) is 12.2 Å². The zero-order valence-corrected chi connectivity index (χ0v) is 24.8. The van der Waals surface area contributed by atoms with Crippen LogP contribution in [0.2, 0.25) is 0 Å². The van der Waals surface area contributed by atoms with Crippen molar-refractivity contribution in [3.05, 3.63) is 105 Å². The van der Waals surface area contributed by atoms with Crippen LogP contribution in [0, 0.1) is 15.5 Å². The van der Waals surface area contributed by atoms with Gasteiger partial charge in [0.25, 0.3) is 5.69 Å². The number of non-ortho nitro benzene ring substituents is 1. The lowest BCUT2D eigenvalue weighted by Crippen LogP contribution is -2.58. The van der Waals surface area contributed by atoms with Crippen molar-refractivity contribution in [3.8, 4) is 0 Å². The Morgan fingerprint density at radius 1 is 1.11 bits per heavy atom. The van der Waals surface area contributed by atoms with E-state index in [4.69, 9.17) is 14.2 Å². The topological polar surface area (TPSA) is 163 Å². The summed E-state index contributed by atoms with van der Waals surface area (Å²) in [6, 6.07) is 11.5. The second-order valence-corrected chi connectivity index (χ2v) is 10.5. The summed E-state index contributed by atoms with van der Waals surface area (Å²) < 4.78 is 17.9. The predicted molar refractivity (Wildman–Crippen MR) is 156 cm³/mol. The van der Waals surface area contributed by atoms with Crippen LogP contribution in [-0.4, -0.2) is 76.0 Å². The average molecular weight is 607 g/mol. The number of hydrogen-bond acceptors (Lipinski definition) is 10. The van der Waals surface area contributed by atoms with Crippen molar-refractivity contribution in [2.75, 3.05) is 27.6 Å². The van der Waals surface area contributed by atoms with Crippen molar-refractivity contribution in [2.45, 2.75) is 38.8 Å². The van der Waals surface area contributed by atoms with Crippen LogP contribution in [0.1, 0.15) is 47.7 Å². The summed E-state index contributed by atoms with van der Waals surface area (Å²) in [5.74, 6) is -3.90. The Kier molecular flexibility index (Phi) is 9.79. The Hall–Kier alpha value is -5.04. The number of aromatic nitrogens is 2. The minimum Gasteiger partial charge on any atom is -0.481 e. The highest BCUT2D eigenvalue weighted by Gasteiger charge is 2.58. The minimum atomic E-state index is -1.80. The van der Waals surface area contributed by atoms with Crippen LogP contribution in [0.15, 0.2) is 78.5 Å². The van der Waals surface area contributed by atoms with Crippen LogP contribution in [0.4, 0.5) is 5.69 Å². The molecule has 0 bridgehead atoms. The molecule has 232 valence electrons. The summed E-state index contributed by atoms with van der Waals surface area (Å²) in [5, 5.41) is 22.6. The van der Waals surface area contributed by atoms with E-state index in [1.807, 2.05) is 10.8 Å². The number of hydrogen-bond donors (Lipinski definition) is 1. The van der Waals surface area contributed by atoms with Crippen molar-refractivity contribution < 1.29 is 38.6 Å². The standard InChI is InChI=1S/C31H34N4O9/c1-20-26(29(37)43-4)27(24-6-5-7-25(16-24)35(40)41)31(30(38)39,21(2)34(20)19-42-3)12-15-44-28(36)23-10-8-22(9-11-23)17-33-14-13-32-18-33/h5-11,13-14,16,18,21,27H,12,15,17,19H2,1-4H3,(H,38,39). The summed E-state index contributed by atoms with van der Waals surface area (Å²) in [6.45, 7) is 3.53. The maximum absolute atomic E-state index is 13.4. The molecule has 1 aliphatic heterocycles. The van der Waals surface area contributed by atoms with Crippen molar-refractivity contribution in [3.63, 3.8) is 0 Å². The Balaban J connectivity index is 1.70. The van der Waals surface area contributed by atoms with E-state index < -0.39 is 40.2 Å². The van der Waals surface area contributed by atoms with Gasteiger partial charge in [0.15, 0.2) is 0 Å². The number of carbonyl (C=O) groups excluding carboxylic acids is 2. The van der Waals surface area contributed by atoms with Gasteiger partial charge in [0.1, 0.15) is 12.1 Å². The number of carbonyl (C=O) groups is 3. The number of carboxylic acids is 1.